The SMILES string of the molecule is N#Cc1c(NC(=O)[C@H]2CCCC[C@H]2C(=O)O)sc2c1CCC2. The van der Waals surface area contributed by atoms with Gasteiger partial charge in [0.05, 0.1) is 17.4 Å². The summed E-state index contributed by atoms with van der Waals surface area (Å²) in [6, 6.07) is 2.20. The number of nitrogens with zero attached hydrogens (tertiary/aromatic N) is 1. The Bertz CT molecular complexity index is 659. The lowest BCUT2D eigenvalue weighted by Crippen LogP contribution is -2.36. The van der Waals surface area contributed by atoms with Gasteiger partial charge in [-0.3, -0.25) is 9.59 Å². The molecule has 3 rings (SSSR count). The predicted molar refractivity (Wildman–Crippen MR) is 82.8 cm³/mol. The van der Waals surface area contributed by atoms with Crippen molar-refractivity contribution in [3.05, 3.63) is 16.0 Å². The van der Waals surface area contributed by atoms with Gasteiger partial charge in [-0.1, -0.05) is 12.8 Å². The molecule has 1 heterocycles. The molecule has 1 fully saturated rings. The van der Waals surface area contributed by atoms with Crippen LogP contribution in [0.5, 0.6) is 0 Å². The van der Waals surface area contributed by atoms with Crippen molar-refractivity contribution in [2.45, 2.75) is 44.9 Å². The molecule has 1 aromatic heterocycles. The number of thiophene rings is 1. The van der Waals surface area contributed by atoms with Crippen molar-refractivity contribution in [3.8, 4) is 6.07 Å². The summed E-state index contributed by atoms with van der Waals surface area (Å²) in [4.78, 5) is 25.0. The molecule has 1 aromatic rings. The number of hydrogen-bond acceptors (Lipinski definition) is 4. The smallest absolute Gasteiger partial charge is 0.307 e. The number of nitrogens with one attached hydrogen (secondary N) is 1. The van der Waals surface area contributed by atoms with Crippen molar-refractivity contribution in [2.75, 3.05) is 5.32 Å². The predicted octanol–water partition coefficient (Wildman–Crippen LogP) is 2.94. The maximum atomic E-state index is 12.5. The summed E-state index contributed by atoms with van der Waals surface area (Å²) in [6.07, 6.45) is 5.83. The number of carbonyl (C=O) groups is 2. The highest BCUT2D eigenvalue weighted by Crippen LogP contribution is 2.39. The fourth-order valence-corrected chi connectivity index (χ4v) is 4.80. The standard InChI is InChI=1S/C16H18N2O3S/c17-8-12-9-6-3-7-13(9)22-15(12)18-14(19)10-4-1-2-5-11(10)16(20)21/h10-11H,1-7H2,(H,18,19)(H,20,21)/t10-,11+/m0/s1. The second-order valence-corrected chi connectivity index (χ2v) is 7.10. The number of nitriles is 1. The van der Waals surface area contributed by atoms with Gasteiger partial charge in [0.25, 0.3) is 0 Å². The number of carboxylic acids is 1. The van der Waals surface area contributed by atoms with Crippen molar-refractivity contribution >= 4 is 28.2 Å². The molecule has 1 saturated carbocycles. The molecule has 2 atom stereocenters. The monoisotopic (exact) mass is 318 g/mol. The van der Waals surface area contributed by atoms with Gasteiger partial charge in [0.2, 0.25) is 5.91 Å². The van der Waals surface area contributed by atoms with Gasteiger partial charge in [-0.25, -0.2) is 0 Å². The molecule has 0 radical (unpaired) electrons. The van der Waals surface area contributed by atoms with Crippen LogP contribution in [-0.2, 0) is 22.4 Å². The third kappa shape index (κ3) is 2.61. The van der Waals surface area contributed by atoms with Gasteiger partial charge in [-0.2, -0.15) is 5.26 Å². The van der Waals surface area contributed by atoms with Crippen LogP contribution in [0.3, 0.4) is 0 Å². The Labute approximate surface area is 132 Å². The molecule has 0 aliphatic heterocycles. The Hall–Kier alpha value is -1.87. The number of anilines is 1. The fourth-order valence-electron chi connectivity index (χ4n) is 3.56. The van der Waals surface area contributed by atoms with Crippen LogP contribution in [0, 0.1) is 23.2 Å². The molecule has 6 heteroatoms. The average molecular weight is 318 g/mol. The lowest BCUT2D eigenvalue weighted by Gasteiger charge is -2.27. The van der Waals surface area contributed by atoms with E-state index in [1.807, 2.05) is 0 Å². The first-order valence-electron chi connectivity index (χ1n) is 7.70. The molecular weight excluding hydrogens is 300 g/mol. The number of carbonyl (C=O) groups excluding carboxylic acids is 1. The lowest BCUT2D eigenvalue weighted by molar-refractivity contribution is -0.147. The van der Waals surface area contributed by atoms with Crippen molar-refractivity contribution in [3.63, 3.8) is 0 Å². The molecule has 116 valence electrons. The Kier molecular flexibility index (Phi) is 4.16. The van der Waals surface area contributed by atoms with Crippen LogP contribution in [0.1, 0.15) is 48.1 Å². The minimum Gasteiger partial charge on any atom is -0.481 e. The first-order chi connectivity index (χ1) is 10.6. The number of rotatable bonds is 3. The van der Waals surface area contributed by atoms with E-state index in [9.17, 15) is 20.0 Å². The molecule has 1 amide bonds. The summed E-state index contributed by atoms with van der Waals surface area (Å²) in [7, 11) is 0. The molecule has 0 aromatic carbocycles. The first-order valence-corrected chi connectivity index (χ1v) is 8.51. The maximum Gasteiger partial charge on any atom is 0.307 e. The summed E-state index contributed by atoms with van der Waals surface area (Å²) < 4.78 is 0. The van der Waals surface area contributed by atoms with E-state index in [0.717, 1.165) is 37.7 Å². The molecular formula is C16H18N2O3S. The Morgan fingerprint density at radius 2 is 1.91 bits per heavy atom. The molecule has 2 aliphatic carbocycles. The van der Waals surface area contributed by atoms with E-state index in [1.165, 1.54) is 16.2 Å². The molecule has 22 heavy (non-hydrogen) atoms. The quantitative estimate of drug-likeness (QED) is 0.896. The average Bonchev–Trinajstić information content (AvgIpc) is 3.07. The van der Waals surface area contributed by atoms with E-state index in [1.54, 1.807) is 0 Å². The molecule has 2 aliphatic rings. The van der Waals surface area contributed by atoms with E-state index in [2.05, 4.69) is 11.4 Å². The van der Waals surface area contributed by atoms with Crippen molar-refractivity contribution in [1.82, 2.24) is 0 Å². The third-order valence-corrected chi connectivity index (χ3v) is 5.90. The van der Waals surface area contributed by atoms with Gasteiger partial charge in [0.15, 0.2) is 0 Å². The van der Waals surface area contributed by atoms with Crippen LogP contribution >= 0.6 is 11.3 Å². The van der Waals surface area contributed by atoms with E-state index in [-0.39, 0.29) is 5.91 Å². The highest BCUT2D eigenvalue weighted by Gasteiger charge is 2.36. The van der Waals surface area contributed by atoms with Gasteiger partial charge in [0, 0.05) is 4.88 Å². The minimum atomic E-state index is -0.894. The van der Waals surface area contributed by atoms with Crippen LogP contribution in [-0.4, -0.2) is 17.0 Å². The fraction of sp³-hybridized carbons (Fsp3) is 0.562. The van der Waals surface area contributed by atoms with Crippen LogP contribution in [0.15, 0.2) is 0 Å². The molecule has 0 bridgehead atoms. The number of amides is 1. The van der Waals surface area contributed by atoms with Gasteiger partial charge in [-0.05, 0) is 37.7 Å². The Balaban J connectivity index is 1.80. The summed E-state index contributed by atoms with van der Waals surface area (Å²) in [5, 5.41) is 22.1. The van der Waals surface area contributed by atoms with E-state index in [4.69, 9.17) is 0 Å². The normalized spacial score (nSPS) is 23.6. The topological polar surface area (TPSA) is 90.2 Å². The van der Waals surface area contributed by atoms with Crippen LogP contribution in [0.25, 0.3) is 0 Å². The van der Waals surface area contributed by atoms with Crippen LogP contribution in [0.2, 0.25) is 0 Å². The summed E-state index contributed by atoms with van der Waals surface area (Å²) in [5.74, 6) is -2.24. The lowest BCUT2D eigenvalue weighted by atomic mass is 9.79. The van der Waals surface area contributed by atoms with Crippen molar-refractivity contribution in [2.24, 2.45) is 11.8 Å². The number of aliphatic carboxylic acids is 1. The number of hydrogen-bond donors (Lipinski definition) is 2. The largest absolute Gasteiger partial charge is 0.481 e. The van der Waals surface area contributed by atoms with Crippen molar-refractivity contribution < 1.29 is 14.7 Å². The second-order valence-electron chi connectivity index (χ2n) is 6.00. The zero-order chi connectivity index (χ0) is 15.7. The van der Waals surface area contributed by atoms with Gasteiger partial charge < -0.3 is 10.4 Å². The number of fused-ring (bicyclic) bond motifs is 1. The van der Waals surface area contributed by atoms with Gasteiger partial charge >= 0.3 is 5.97 Å². The van der Waals surface area contributed by atoms with E-state index < -0.39 is 17.8 Å². The van der Waals surface area contributed by atoms with E-state index >= 15 is 0 Å². The summed E-state index contributed by atoms with van der Waals surface area (Å²) in [5.41, 5.74) is 1.65. The minimum absolute atomic E-state index is 0.247. The van der Waals surface area contributed by atoms with Crippen LogP contribution in [0.4, 0.5) is 5.00 Å². The highest BCUT2D eigenvalue weighted by atomic mass is 32.1. The Morgan fingerprint density at radius 1 is 1.18 bits per heavy atom. The van der Waals surface area contributed by atoms with Crippen molar-refractivity contribution in [1.29, 1.82) is 5.26 Å². The summed E-state index contributed by atoms with van der Waals surface area (Å²) in [6.45, 7) is 0. The Morgan fingerprint density at radius 3 is 2.59 bits per heavy atom. The van der Waals surface area contributed by atoms with Crippen LogP contribution < -0.4 is 5.32 Å². The molecule has 5 nitrogen and oxygen atoms in total. The van der Waals surface area contributed by atoms with Gasteiger partial charge in [-0.15, -0.1) is 11.3 Å². The van der Waals surface area contributed by atoms with E-state index in [0.29, 0.717) is 23.4 Å². The summed E-state index contributed by atoms with van der Waals surface area (Å²) >= 11 is 1.47. The molecule has 0 unspecified atom stereocenters. The third-order valence-electron chi connectivity index (χ3n) is 4.69. The highest BCUT2D eigenvalue weighted by molar-refractivity contribution is 7.16. The molecule has 2 N–H and O–H groups in total. The first kappa shape index (κ1) is 15.0. The zero-order valence-corrected chi connectivity index (χ0v) is 13.0. The number of carboxylic acid groups (broad SMARTS) is 1. The second kappa shape index (κ2) is 6.09. The maximum absolute atomic E-state index is 12.5. The zero-order valence-electron chi connectivity index (χ0n) is 12.2. The molecule has 0 spiro atoms. The number of aryl methyl sites for hydroxylation is 1. The van der Waals surface area contributed by atoms with Gasteiger partial charge in [0.1, 0.15) is 11.1 Å². The molecule has 0 saturated heterocycles.